The Bertz CT molecular complexity index is 319. The van der Waals surface area contributed by atoms with Crippen molar-refractivity contribution >= 4 is 11.6 Å². The van der Waals surface area contributed by atoms with Crippen molar-refractivity contribution < 1.29 is 5.21 Å². The fourth-order valence-corrected chi connectivity index (χ4v) is 0.970. The quantitative estimate of drug-likeness (QED) is 0.554. The molecule has 0 aliphatic heterocycles. The van der Waals surface area contributed by atoms with E-state index in [1.165, 1.54) is 0 Å². The molecule has 0 atom stereocenters. The minimum atomic E-state index is 0.271. The van der Waals surface area contributed by atoms with Gasteiger partial charge in [0.05, 0.1) is 0 Å². The van der Waals surface area contributed by atoms with Crippen LogP contribution >= 0.6 is 11.6 Å². The summed E-state index contributed by atoms with van der Waals surface area (Å²) in [6, 6.07) is 5.07. The highest BCUT2D eigenvalue weighted by atomic mass is 35.5. The summed E-state index contributed by atoms with van der Waals surface area (Å²) in [4.78, 5) is 4.11. The topological polar surface area (TPSA) is 37.5 Å². The number of pyridine rings is 1. The van der Waals surface area contributed by atoms with Gasteiger partial charge in [0.15, 0.2) is 5.49 Å². The molecule has 66 valence electrons. The van der Waals surface area contributed by atoms with E-state index >= 15 is 0 Å². The Kier molecular flexibility index (Phi) is 3.17. The van der Waals surface area contributed by atoms with Gasteiger partial charge in [0.2, 0.25) is 0 Å². The number of rotatable bonds is 2. The molecule has 0 spiro atoms. The maximum absolute atomic E-state index is 9.32. The van der Waals surface area contributed by atoms with Gasteiger partial charge in [-0.15, -0.1) is 0 Å². The zero-order valence-electron chi connectivity index (χ0n) is 6.87. The predicted molar refractivity (Wildman–Crippen MR) is 47.3 cm³/mol. The van der Waals surface area contributed by atoms with E-state index in [1.807, 2.05) is 6.92 Å². The highest BCUT2D eigenvalue weighted by molar-refractivity contribution is 6.29. The van der Waals surface area contributed by atoms with Crippen LogP contribution in [-0.2, 0) is 0 Å². The largest absolute Gasteiger partial charge is 0.426 e. The second-order valence-electron chi connectivity index (χ2n) is 2.40. The first-order valence-electron chi connectivity index (χ1n) is 3.83. The van der Waals surface area contributed by atoms with E-state index in [-0.39, 0.29) is 5.15 Å². The molecule has 0 aromatic carbocycles. The standard InChI is InChI=1S/C8H11ClN2O/c1-2-6-10-8-5-3-4-7(9)11(8)12/h3-5,12H,2,6H2,1H3. The molecule has 0 bridgehead atoms. The van der Waals surface area contributed by atoms with Crippen LogP contribution in [0.1, 0.15) is 13.3 Å². The number of halogens is 1. The Morgan fingerprint density at radius 3 is 3.00 bits per heavy atom. The first-order chi connectivity index (χ1) is 5.75. The summed E-state index contributed by atoms with van der Waals surface area (Å²) in [5.74, 6) is 0. The predicted octanol–water partition coefficient (Wildman–Crippen LogP) is 1.69. The third-order valence-electron chi connectivity index (χ3n) is 1.40. The maximum atomic E-state index is 9.32. The van der Waals surface area contributed by atoms with Gasteiger partial charge in [0, 0.05) is 6.54 Å². The minimum Gasteiger partial charge on any atom is -0.426 e. The fourth-order valence-electron chi connectivity index (χ4n) is 0.810. The summed E-state index contributed by atoms with van der Waals surface area (Å²) in [6.07, 6.45) is 0.951. The van der Waals surface area contributed by atoms with Gasteiger partial charge in [-0.25, -0.2) is 0 Å². The van der Waals surface area contributed by atoms with Gasteiger partial charge in [-0.3, -0.25) is 4.99 Å². The number of nitrogens with zero attached hydrogens (tertiary/aromatic N) is 2. The second-order valence-corrected chi connectivity index (χ2v) is 2.79. The molecule has 0 fully saturated rings. The van der Waals surface area contributed by atoms with Crippen LogP contribution in [0.3, 0.4) is 0 Å². The average molecular weight is 187 g/mol. The van der Waals surface area contributed by atoms with E-state index in [2.05, 4.69) is 4.99 Å². The smallest absolute Gasteiger partial charge is 0.165 e. The third kappa shape index (κ3) is 2.01. The van der Waals surface area contributed by atoms with Crippen LogP contribution in [0.5, 0.6) is 0 Å². The number of hydrogen-bond donors (Lipinski definition) is 1. The van der Waals surface area contributed by atoms with E-state index in [9.17, 15) is 5.21 Å². The Morgan fingerprint density at radius 1 is 1.58 bits per heavy atom. The molecule has 3 nitrogen and oxygen atoms in total. The zero-order valence-corrected chi connectivity index (χ0v) is 7.62. The fraction of sp³-hybridized carbons (Fsp3) is 0.375. The monoisotopic (exact) mass is 186 g/mol. The number of hydrogen-bond acceptors (Lipinski definition) is 2. The van der Waals surface area contributed by atoms with Crippen molar-refractivity contribution in [2.75, 3.05) is 6.54 Å². The molecule has 0 aliphatic carbocycles. The molecule has 0 saturated carbocycles. The van der Waals surface area contributed by atoms with E-state index in [1.54, 1.807) is 18.2 Å². The van der Waals surface area contributed by atoms with Crippen LogP contribution in [0.4, 0.5) is 0 Å². The summed E-state index contributed by atoms with van der Waals surface area (Å²) >= 11 is 5.65. The van der Waals surface area contributed by atoms with Crippen LogP contribution in [0, 0.1) is 0 Å². The average Bonchev–Trinajstić information content (AvgIpc) is 2.08. The Labute approximate surface area is 75.9 Å². The Hall–Kier alpha value is -0.960. The van der Waals surface area contributed by atoms with Gasteiger partial charge < -0.3 is 5.21 Å². The van der Waals surface area contributed by atoms with E-state index in [0.29, 0.717) is 12.0 Å². The van der Waals surface area contributed by atoms with Crippen LogP contribution in [-0.4, -0.2) is 16.5 Å². The molecule has 1 aromatic rings. The highest BCUT2D eigenvalue weighted by Gasteiger charge is 1.93. The molecule has 0 unspecified atom stereocenters. The Morgan fingerprint density at radius 2 is 2.33 bits per heavy atom. The van der Waals surface area contributed by atoms with E-state index in [0.717, 1.165) is 11.2 Å². The molecular weight excluding hydrogens is 176 g/mol. The SMILES string of the molecule is CCCN=c1cccc(Cl)n1O. The van der Waals surface area contributed by atoms with Crippen molar-refractivity contribution in [1.29, 1.82) is 0 Å². The Balaban J connectivity index is 3.07. The van der Waals surface area contributed by atoms with Gasteiger partial charge in [-0.1, -0.05) is 24.6 Å². The minimum absolute atomic E-state index is 0.271. The third-order valence-corrected chi connectivity index (χ3v) is 1.68. The second kappa shape index (κ2) is 4.16. The normalized spacial score (nSPS) is 12.0. The first-order valence-corrected chi connectivity index (χ1v) is 4.21. The molecule has 12 heavy (non-hydrogen) atoms. The molecule has 1 rings (SSSR count). The summed E-state index contributed by atoms with van der Waals surface area (Å²) in [5, 5.41) is 9.59. The van der Waals surface area contributed by atoms with Crippen molar-refractivity contribution in [3.8, 4) is 0 Å². The van der Waals surface area contributed by atoms with Gasteiger partial charge in [0.1, 0.15) is 5.15 Å². The van der Waals surface area contributed by atoms with Gasteiger partial charge >= 0.3 is 0 Å². The van der Waals surface area contributed by atoms with Crippen molar-refractivity contribution in [3.05, 3.63) is 28.8 Å². The van der Waals surface area contributed by atoms with Gasteiger partial charge in [-0.2, -0.15) is 4.73 Å². The van der Waals surface area contributed by atoms with Crippen molar-refractivity contribution in [1.82, 2.24) is 4.73 Å². The lowest BCUT2D eigenvalue weighted by Crippen LogP contribution is -2.18. The van der Waals surface area contributed by atoms with E-state index in [4.69, 9.17) is 11.6 Å². The van der Waals surface area contributed by atoms with Crippen LogP contribution < -0.4 is 5.49 Å². The molecule has 0 saturated heterocycles. The molecular formula is C8H11ClN2O. The summed E-state index contributed by atoms with van der Waals surface area (Å²) < 4.78 is 0.872. The molecule has 1 heterocycles. The molecule has 1 N–H and O–H groups in total. The van der Waals surface area contributed by atoms with Crippen LogP contribution in [0.25, 0.3) is 0 Å². The summed E-state index contributed by atoms with van der Waals surface area (Å²) in [5.41, 5.74) is 0.490. The maximum Gasteiger partial charge on any atom is 0.165 e. The molecule has 0 amide bonds. The lowest BCUT2D eigenvalue weighted by Gasteiger charge is -1.99. The first kappa shape index (κ1) is 9.13. The summed E-state index contributed by atoms with van der Waals surface area (Å²) in [6.45, 7) is 2.72. The van der Waals surface area contributed by atoms with Crippen LogP contribution in [0.15, 0.2) is 23.2 Å². The van der Waals surface area contributed by atoms with Gasteiger partial charge in [0.25, 0.3) is 0 Å². The summed E-state index contributed by atoms with van der Waals surface area (Å²) in [7, 11) is 0. The lowest BCUT2D eigenvalue weighted by atomic mass is 10.5. The van der Waals surface area contributed by atoms with Crippen LogP contribution in [0.2, 0.25) is 5.15 Å². The molecule has 0 radical (unpaired) electrons. The highest BCUT2D eigenvalue weighted by Crippen LogP contribution is 2.00. The van der Waals surface area contributed by atoms with Crippen molar-refractivity contribution in [3.63, 3.8) is 0 Å². The zero-order chi connectivity index (χ0) is 8.97. The number of aromatic nitrogens is 1. The molecule has 0 aliphatic rings. The molecule has 1 aromatic heterocycles. The van der Waals surface area contributed by atoms with E-state index < -0.39 is 0 Å². The van der Waals surface area contributed by atoms with Crippen molar-refractivity contribution in [2.24, 2.45) is 4.99 Å². The van der Waals surface area contributed by atoms with Gasteiger partial charge in [-0.05, 0) is 18.6 Å². The molecule has 4 heteroatoms. The van der Waals surface area contributed by atoms with Crippen molar-refractivity contribution in [2.45, 2.75) is 13.3 Å². The lowest BCUT2D eigenvalue weighted by molar-refractivity contribution is 0.172.